The second kappa shape index (κ2) is 4.51. The maximum absolute atomic E-state index is 9.82. The van der Waals surface area contributed by atoms with Crippen LogP contribution in [0.25, 0.3) is 10.2 Å². The van der Waals surface area contributed by atoms with Crippen LogP contribution in [-0.4, -0.2) is 15.1 Å². The molecule has 0 atom stereocenters. The van der Waals surface area contributed by atoms with Crippen LogP contribution in [0.3, 0.4) is 0 Å². The van der Waals surface area contributed by atoms with Gasteiger partial charge in [-0.25, -0.2) is 9.97 Å². The van der Waals surface area contributed by atoms with Crippen molar-refractivity contribution in [3.8, 4) is 5.75 Å². The minimum atomic E-state index is 0.207. The van der Waals surface area contributed by atoms with Crippen LogP contribution in [0.5, 0.6) is 5.75 Å². The average molecular weight is 271 g/mol. The van der Waals surface area contributed by atoms with Crippen LogP contribution in [0.1, 0.15) is 10.4 Å². The van der Waals surface area contributed by atoms with Crippen LogP contribution in [-0.2, 0) is 0 Å². The Hall–Kier alpha value is -2.14. The highest BCUT2D eigenvalue weighted by Crippen LogP contribution is 2.35. The Morgan fingerprint density at radius 2 is 1.95 bits per heavy atom. The number of aromatic nitrogens is 2. The zero-order valence-electron chi connectivity index (χ0n) is 10.6. The van der Waals surface area contributed by atoms with Gasteiger partial charge in [0.15, 0.2) is 0 Å². The maximum atomic E-state index is 9.82. The molecular weight excluding hydrogens is 258 g/mol. The fourth-order valence-electron chi connectivity index (χ4n) is 1.98. The third kappa shape index (κ3) is 2.02. The third-order valence-corrected chi connectivity index (χ3v) is 4.24. The summed E-state index contributed by atoms with van der Waals surface area (Å²) in [6.07, 6.45) is 1.54. The lowest BCUT2D eigenvalue weighted by atomic mass is 10.2. The van der Waals surface area contributed by atoms with Crippen LogP contribution < -0.4 is 5.32 Å². The lowest BCUT2D eigenvalue weighted by Crippen LogP contribution is -1.95. The van der Waals surface area contributed by atoms with Gasteiger partial charge in [0, 0.05) is 4.88 Å². The van der Waals surface area contributed by atoms with Crippen LogP contribution >= 0.6 is 11.3 Å². The first-order valence-electron chi connectivity index (χ1n) is 5.92. The second-order valence-electron chi connectivity index (χ2n) is 4.33. The van der Waals surface area contributed by atoms with Crippen molar-refractivity contribution < 1.29 is 5.11 Å². The number of anilines is 2. The highest BCUT2D eigenvalue weighted by atomic mass is 32.1. The predicted molar refractivity (Wildman–Crippen MR) is 78.3 cm³/mol. The van der Waals surface area contributed by atoms with Crippen LogP contribution in [0, 0.1) is 13.8 Å². The van der Waals surface area contributed by atoms with E-state index in [1.54, 1.807) is 29.8 Å². The number of thiophene rings is 1. The standard InChI is InChI=1S/C14H13N3OS/c1-8-9(2)19-14-12(8)13(15-7-16-14)17-10-5-3-4-6-11(10)18/h3-7,18H,1-2H3,(H,15,16,17). The fraction of sp³-hybridized carbons (Fsp3) is 0.143. The quantitative estimate of drug-likeness (QED) is 0.697. The van der Waals surface area contributed by atoms with Crippen molar-refractivity contribution in [2.24, 2.45) is 0 Å². The largest absolute Gasteiger partial charge is 0.506 e. The molecule has 0 aliphatic heterocycles. The minimum Gasteiger partial charge on any atom is -0.506 e. The molecule has 2 aromatic heterocycles. The summed E-state index contributed by atoms with van der Waals surface area (Å²) in [5.74, 6) is 0.937. The van der Waals surface area contributed by atoms with Crippen LogP contribution in [0.15, 0.2) is 30.6 Å². The molecule has 96 valence electrons. The molecule has 3 aromatic rings. The zero-order valence-corrected chi connectivity index (χ0v) is 11.5. The normalized spacial score (nSPS) is 10.8. The zero-order chi connectivity index (χ0) is 13.4. The molecule has 0 unspecified atom stereocenters. The molecule has 2 N–H and O–H groups in total. The van der Waals surface area contributed by atoms with Crippen LogP contribution in [0.2, 0.25) is 0 Å². The number of para-hydroxylation sites is 2. The number of hydrogen-bond acceptors (Lipinski definition) is 5. The van der Waals surface area contributed by atoms with Crippen molar-refractivity contribution >= 4 is 33.1 Å². The molecular formula is C14H13N3OS. The van der Waals surface area contributed by atoms with Crippen LogP contribution in [0.4, 0.5) is 11.5 Å². The number of phenolic OH excluding ortho intramolecular Hbond substituents is 1. The summed E-state index contributed by atoms with van der Waals surface area (Å²) in [7, 11) is 0. The Labute approximate surface area is 114 Å². The minimum absolute atomic E-state index is 0.207. The number of nitrogens with zero attached hydrogens (tertiary/aromatic N) is 2. The molecule has 0 radical (unpaired) electrons. The van der Waals surface area contributed by atoms with Gasteiger partial charge in [0.25, 0.3) is 0 Å². The van der Waals surface area contributed by atoms with E-state index in [2.05, 4.69) is 29.1 Å². The number of nitrogens with one attached hydrogen (secondary N) is 1. The SMILES string of the molecule is Cc1sc2ncnc(Nc3ccccc3O)c2c1C. The molecule has 0 saturated heterocycles. The number of phenols is 1. The summed E-state index contributed by atoms with van der Waals surface area (Å²) in [6.45, 7) is 4.14. The molecule has 0 aliphatic carbocycles. The molecule has 2 heterocycles. The van der Waals surface area contributed by atoms with Gasteiger partial charge in [-0.15, -0.1) is 11.3 Å². The second-order valence-corrected chi connectivity index (χ2v) is 5.53. The lowest BCUT2D eigenvalue weighted by molar-refractivity contribution is 0.478. The van der Waals surface area contributed by atoms with E-state index in [-0.39, 0.29) is 5.75 Å². The predicted octanol–water partition coefficient (Wildman–Crippen LogP) is 3.76. The van der Waals surface area contributed by atoms with E-state index >= 15 is 0 Å². The summed E-state index contributed by atoms with van der Waals surface area (Å²) >= 11 is 1.65. The molecule has 0 aliphatic rings. The van der Waals surface area contributed by atoms with E-state index in [1.807, 2.05) is 12.1 Å². The first-order chi connectivity index (χ1) is 9.16. The van der Waals surface area contributed by atoms with E-state index in [1.165, 1.54) is 10.4 Å². The molecule has 0 saturated carbocycles. The lowest BCUT2D eigenvalue weighted by Gasteiger charge is -2.08. The van der Waals surface area contributed by atoms with E-state index in [0.717, 1.165) is 16.0 Å². The summed E-state index contributed by atoms with van der Waals surface area (Å²) in [6, 6.07) is 7.12. The van der Waals surface area contributed by atoms with E-state index in [0.29, 0.717) is 5.69 Å². The van der Waals surface area contributed by atoms with Crippen molar-refractivity contribution in [2.75, 3.05) is 5.32 Å². The monoisotopic (exact) mass is 271 g/mol. The molecule has 19 heavy (non-hydrogen) atoms. The van der Waals surface area contributed by atoms with Gasteiger partial charge in [0.05, 0.1) is 11.1 Å². The Kier molecular flexibility index (Phi) is 2.83. The highest BCUT2D eigenvalue weighted by Gasteiger charge is 2.12. The molecule has 1 aromatic carbocycles. The van der Waals surface area contributed by atoms with E-state index in [4.69, 9.17) is 0 Å². The van der Waals surface area contributed by atoms with Gasteiger partial charge in [-0.1, -0.05) is 12.1 Å². The fourth-order valence-corrected chi connectivity index (χ4v) is 2.98. The molecule has 0 amide bonds. The Morgan fingerprint density at radius 3 is 2.74 bits per heavy atom. The van der Waals surface area contributed by atoms with Crippen molar-refractivity contribution in [1.82, 2.24) is 9.97 Å². The molecule has 0 spiro atoms. The Morgan fingerprint density at radius 1 is 1.16 bits per heavy atom. The van der Waals surface area contributed by atoms with Crippen molar-refractivity contribution in [1.29, 1.82) is 0 Å². The molecule has 0 bridgehead atoms. The number of aromatic hydroxyl groups is 1. The summed E-state index contributed by atoms with van der Waals surface area (Å²) in [5, 5.41) is 14.0. The first-order valence-corrected chi connectivity index (χ1v) is 6.74. The van der Waals surface area contributed by atoms with Gasteiger partial charge in [-0.2, -0.15) is 0 Å². The van der Waals surface area contributed by atoms with Gasteiger partial charge in [0.1, 0.15) is 22.7 Å². The third-order valence-electron chi connectivity index (χ3n) is 3.12. The van der Waals surface area contributed by atoms with Crippen molar-refractivity contribution in [3.05, 3.63) is 41.0 Å². The molecule has 5 heteroatoms. The Bertz CT molecular complexity index is 752. The topological polar surface area (TPSA) is 58.0 Å². The number of rotatable bonds is 2. The van der Waals surface area contributed by atoms with Gasteiger partial charge in [-0.3, -0.25) is 0 Å². The maximum Gasteiger partial charge on any atom is 0.142 e. The van der Waals surface area contributed by atoms with Crippen molar-refractivity contribution in [2.45, 2.75) is 13.8 Å². The molecule has 3 rings (SSSR count). The summed E-state index contributed by atoms with van der Waals surface area (Å²) in [4.78, 5) is 10.8. The first kappa shape index (κ1) is 11.9. The molecule has 0 fully saturated rings. The molecule has 4 nitrogen and oxygen atoms in total. The average Bonchev–Trinajstić information content (AvgIpc) is 2.69. The number of fused-ring (bicyclic) bond motifs is 1. The van der Waals surface area contributed by atoms with E-state index in [9.17, 15) is 5.11 Å². The number of hydrogen-bond donors (Lipinski definition) is 2. The number of aryl methyl sites for hydroxylation is 2. The van der Waals surface area contributed by atoms with Gasteiger partial charge >= 0.3 is 0 Å². The van der Waals surface area contributed by atoms with Gasteiger partial charge in [-0.05, 0) is 31.5 Å². The van der Waals surface area contributed by atoms with Gasteiger partial charge < -0.3 is 10.4 Å². The smallest absolute Gasteiger partial charge is 0.142 e. The summed E-state index contributed by atoms with van der Waals surface area (Å²) in [5.41, 5.74) is 1.82. The Balaban J connectivity index is 2.13. The van der Waals surface area contributed by atoms with Crippen molar-refractivity contribution in [3.63, 3.8) is 0 Å². The number of benzene rings is 1. The van der Waals surface area contributed by atoms with E-state index < -0.39 is 0 Å². The van der Waals surface area contributed by atoms with Gasteiger partial charge in [0.2, 0.25) is 0 Å². The summed E-state index contributed by atoms with van der Waals surface area (Å²) < 4.78 is 0. The highest BCUT2D eigenvalue weighted by molar-refractivity contribution is 7.18.